The zero-order valence-corrected chi connectivity index (χ0v) is 18.5. The van der Waals surface area contributed by atoms with Crippen LogP contribution < -0.4 is 10.9 Å². The molecule has 0 aliphatic heterocycles. The Morgan fingerprint density at radius 2 is 1.88 bits per heavy atom. The predicted octanol–water partition coefficient (Wildman–Crippen LogP) is 3.25. The largest absolute Gasteiger partial charge is 0.382 e. The maximum atomic E-state index is 13.4. The van der Waals surface area contributed by atoms with Gasteiger partial charge in [0.1, 0.15) is 12.1 Å². The molecule has 0 fully saturated rings. The highest BCUT2D eigenvalue weighted by atomic mass is 16.5. The van der Waals surface area contributed by atoms with Crippen LogP contribution >= 0.6 is 0 Å². The van der Waals surface area contributed by atoms with Crippen LogP contribution in [0.3, 0.4) is 0 Å². The van der Waals surface area contributed by atoms with Crippen molar-refractivity contribution in [1.82, 2.24) is 19.7 Å². The smallest absolute Gasteiger partial charge is 0.291 e. The Kier molecular flexibility index (Phi) is 6.66. The monoisotopic (exact) mass is 432 g/mol. The predicted molar refractivity (Wildman–Crippen MR) is 126 cm³/mol. The molecule has 1 amide bonds. The van der Waals surface area contributed by atoms with Gasteiger partial charge >= 0.3 is 0 Å². The quantitative estimate of drug-likeness (QED) is 0.412. The molecule has 0 aliphatic rings. The number of rotatable bonds is 9. The van der Waals surface area contributed by atoms with Gasteiger partial charge in [0.25, 0.3) is 5.56 Å². The number of fused-ring (bicyclic) bond motifs is 3. The van der Waals surface area contributed by atoms with Gasteiger partial charge in [0.05, 0.1) is 6.20 Å². The second-order valence-corrected chi connectivity index (χ2v) is 7.80. The van der Waals surface area contributed by atoms with E-state index < -0.39 is 0 Å². The minimum atomic E-state index is -0.267. The van der Waals surface area contributed by atoms with Gasteiger partial charge in [-0.15, -0.1) is 0 Å². The van der Waals surface area contributed by atoms with E-state index >= 15 is 0 Å². The molecule has 0 aliphatic carbocycles. The van der Waals surface area contributed by atoms with Crippen LogP contribution in [0.25, 0.3) is 21.8 Å². The Morgan fingerprint density at radius 3 is 2.69 bits per heavy atom. The number of aromatic nitrogens is 3. The normalized spacial score (nSPS) is 11.3. The van der Waals surface area contributed by atoms with Gasteiger partial charge in [-0.05, 0) is 37.5 Å². The second-order valence-electron chi connectivity index (χ2n) is 7.80. The van der Waals surface area contributed by atoms with Crippen LogP contribution in [0.15, 0.2) is 59.5 Å². The van der Waals surface area contributed by atoms with E-state index in [2.05, 4.69) is 29.5 Å². The zero-order valence-electron chi connectivity index (χ0n) is 18.5. The van der Waals surface area contributed by atoms with E-state index in [9.17, 15) is 9.59 Å². The number of carbonyl (C=O) groups is 1. The molecule has 2 aromatic heterocycles. The summed E-state index contributed by atoms with van der Waals surface area (Å²) in [6, 6.07) is 16.1. The van der Waals surface area contributed by atoms with Crippen LogP contribution in [0.5, 0.6) is 0 Å². The van der Waals surface area contributed by atoms with E-state index in [-0.39, 0.29) is 18.0 Å². The molecule has 7 heteroatoms. The fourth-order valence-electron chi connectivity index (χ4n) is 3.97. The lowest BCUT2D eigenvalue weighted by Crippen LogP contribution is -2.34. The Morgan fingerprint density at radius 1 is 1.09 bits per heavy atom. The van der Waals surface area contributed by atoms with Crippen molar-refractivity contribution in [3.8, 4) is 0 Å². The molecule has 0 spiro atoms. The summed E-state index contributed by atoms with van der Waals surface area (Å²) in [6.07, 6.45) is 2.42. The van der Waals surface area contributed by atoms with Crippen LogP contribution in [0.4, 0.5) is 0 Å². The molecule has 1 N–H and O–H groups in total. The van der Waals surface area contributed by atoms with Crippen LogP contribution in [-0.2, 0) is 22.6 Å². The summed E-state index contributed by atoms with van der Waals surface area (Å²) in [4.78, 5) is 25.8. The van der Waals surface area contributed by atoms with Crippen molar-refractivity contribution in [3.63, 3.8) is 0 Å². The number of ether oxygens (including phenoxy) is 1. The average Bonchev–Trinajstić information content (AvgIpc) is 3.11. The van der Waals surface area contributed by atoms with E-state index in [1.54, 1.807) is 6.20 Å². The molecule has 0 saturated heterocycles. The van der Waals surface area contributed by atoms with Gasteiger partial charge in [-0.3, -0.25) is 9.59 Å². The number of para-hydroxylation sites is 1. The lowest BCUT2D eigenvalue weighted by atomic mass is 10.1. The second kappa shape index (κ2) is 9.78. The zero-order chi connectivity index (χ0) is 22.5. The number of hydrogen-bond donors (Lipinski definition) is 1. The fraction of sp³-hybridized carbons (Fsp3) is 0.320. The Bertz CT molecular complexity index is 1310. The molecule has 0 radical (unpaired) electrons. The summed E-state index contributed by atoms with van der Waals surface area (Å²) in [5.41, 5.74) is 3.58. The van der Waals surface area contributed by atoms with Crippen molar-refractivity contribution in [1.29, 1.82) is 0 Å². The number of nitrogens with zero attached hydrogens (tertiary/aromatic N) is 3. The van der Waals surface area contributed by atoms with Gasteiger partial charge in [-0.1, -0.05) is 42.5 Å². The molecule has 2 aromatic carbocycles. The molecule has 2 heterocycles. The van der Waals surface area contributed by atoms with Gasteiger partial charge < -0.3 is 14.6 Å². The van der Waals surface area contributed by atoms with Crippen molar-refractivity contribution in [2.24, 2.45) is 0 Å². The summed E-state index contributed by atoms with van der Waals surface area (Å²) in [5.74, 6) is -0.239. The van der Waals surface area contributed by atoms with Gasteiger partial charge in [0, 0.05) is 42.6 Å². The molecule has 0 bridgehead atoms. The molecule has 0 atom stereocenters. The number of amides is 1. The SMILES string of the molecule is CCOCCCNC(=O)Cn1ncc2c3ccccc3n(Cc3ccccc3C)c2c1=O. The molecular formula is C25H28N4O3. The molecule has 32 heavy (non-hydrogen) atoms. The van der Waals surface area contributed by atoms with Gasteiger partial charge in [-0.2, -0.15) is 5.10 Å². The summed E-state index contributed by atoms with van der Waals surface area (Å²) >= 11 is 0. The fourth-order valence-corrected chi connectivity index (χ4v) is 3.97. The summed E-state index contributed by atoms with van der Waals surface area (Å²) < 4.78 is 8.56. The number of nitrogens with one attached hydrogen (secondary N) is 1. The van der Waals surface area contributed by atoms with Crippen LogP contribution in [-0.4, -0.2) is 40.0 Å². The van der Waals surface area contributed by atoms with E-state index in [0.29, 0.717) is 31.8 Å². The lowest BCUT2D eigenvalue weighted by molar-refractivity contribution is -0.121. The molecule has 7 nitrogen and oxygen atoms in total. The maximum absolute atomic E-state index is 13.4. The minimum absolute atomic E-state index is 0.116. The van der Waals surface area contributed by atoms with Gasteiger partial charge in [0.15, 0.2) is 0 Å². The average molecular weight is 433 g/mol. The van der Waals surface area contributed by atoms with E-state index in [0.717, 1.165) is 28.3 Å². The van der Waals surface area contributed by atoms with Crippen molar-refractivity contribution in [2.75, 3.05) is 19.8 Å². The van der Waals surface area contributed by atoms with Gasteiger partial charge in [-0.25, -0.2) is 4.68 Å². The van der Waals surface area contributed by atoms with Crippen molar-refractivity contribution >= 4 is 27.7 Å². The van der Waals surface area contributed by atoms with Crippen molar-refractivity contribution < 1.29 is 9.53 Å². The first-order chi connectivity index (χ1) is 15.6. The first-order valence-electron chi connectivity index (χ1n) is 11.0. The van der Waals surface area contributed by atoms with Crippen LogP contribution in [0.2, 0.25) is 0 Å². The maximum Gasteiger partial charge on any atom is 0.291 e. The molecule has 166 valence electrons. The highest BCUT2D eigenvalue weighted by molar-refractivity contribution is 6.07. The number of hydrogen-bond acceptors (Lipinski definition) is 4. The van der Waals surface area contributed by atoms with E-state index in [4.69, 9.17) is 4.74 Å². The topological polar surface area (TPSA) is 78.2 Å². The number of aryl methyl sites for hydroxylation is 1. The van der Waals surface area contributed by atoms with E-state index in [1.807, 2.05) is 47.9 Å². The molecule has 0 unspecified atom stereocenters. The lowest BCUT2D eigenvalue weighted by Gasteiger charge is -2.11. The third-order valence-electron chi connectivity index (χ3n) is 5.65. The molecule has 4 rings (SSSR count). The number of carbonyl (C=O) groups excluding carboxylic acids is 1. The highest BCUT2D eigenvalue weighted by Crippen LogP contribution is 2.27. The number of benzene rings is 2. The molecule has 0 saturated carbocycles. The minimum Gasteiger partial charge on any atom is -0.382 e. The van der Waals surface area contributed by atoms with Crippen molar-refractivity contribution in [2.45, 2.75) is 33.4 Å². The summed E-state index contributed by atoms with van der Waals surface area (Å²) in [5, 5.41) is 8.90. The Balaban J connectivity index is 1.68. The van der Waals surface area contributed by atoms with Crippen LogP contribution in [0.1, 0.15) is 24.5 Å². The summed E-state index contributed by atoms with van der Waals surface area (Å²) in [7, 11) is 0. The first kappa shape index (κ1) is 21.8. The van der Waals surface area contributed by atoms with E-state index in [1.165, 1.54) is 10.2 Å². The third-order valence-corrected chi connectivity index (χ3v) is 5.65. The molecule has 4 aromatic rings. The molecular weight excluding hydrogens is 404 g/mol. The highest BCUT2D eigenvalue weighted by Gasteiger charge is 2.17. The Hall–Kier alpha value is -3.45. The van der Waals surface area contributed by atoms with Crippen molar-refractivity contribution in [3.05, 3.63) is 76.2 Å². The van der Waals surface area contributed by atoms with Gasteiger partial charge in [0.2, 0.25) is 5.91 Å². The third kappa shape index (κ3) is 4.43. The van der Waals surface area contributed by atoms with Crippen LogP contribution in [0, 0.1) is 6.92 Å². The standard InChI is InChI=1S/C25H28N4O3/c1-3-32-14-8-13-26-23(30)17-29-25(31)24-21(15-27-29)20-11-6-7-12-22(20)28(24)16-19-10-5-4-9-18(19)2/h4-7,9-12,15H,3,8,13-14,16-17H2,1-2H3,(H,26,30). The Labute approximate surface area is 186 Å². The summed E-state index contributed by atoms with van der Waals surface area (Å²) in [6.45, 7) is 6.21. The first-order valence-corrected chi connectivity index (χ1v) is 11.0.